The van der Waals surface area contributed by atoms with Crippen LogP contribution in [0.15, 0.2) is 12.1 Å². The van der Waals surface area contributed by atoms with Crippen molar-refractivity contribution in [2.24, 2.45) is 0 Å². The lowest BCUT2D eigenvalue weighted by atomic mass is 10.1. The standard InChI is InChI=1S/C13H20ClNO/c1-5-11-7-10(9-14)8-12(15-11)16-13(3,4)6-2/h7-8H,5-6,9H2,1-4H3. The molecule has 3 heteroatoms. The molecule has 0 N–H and O–H groups in total. The second-order valence-corrected chi connectivity index (χ2v) is 4.77. The summed E-state index contributed by atoms with van der Waals surface area (Å²) in [6.45, 7) is 8.31. The summed E-state index contributed by atoms with van der Waals surface area (Å²) in [5.41, 5.74) is 1.92. The fourth-order valence-corrected chi connectivity index (χ4v) is 1.44. The molecule has 0 saturated heterocycles. The van der Waals surface area contributed by atoms with E-state index in [0.717, 1.165) is 24.1 Å². The molecule has 1 heterocycles. The quantitative estimate of drug-likeness (QED) is 0.729. The van der Waals surface area contributed by atoms with Gasteiger partial charge in [0.25, 0.3) is 0 Å². The van der Waals surface area contributed by atoms with Crippen LogP contribution in [0.25, 0.3) is 0 Å². The Morgan fingerprint density at radius 2 is 2.00 bits per heavy atom. The van der Waals surface area contributed by atoms with Crippen LogP contribution in [0.5, 0.6) is 5.88 Å². The molecule has 0 aromatic carbocycles. The molecular weight excluding hydrogens is 222 g/mol. The second kappa shape index (κ2) is 5.53. The predicted molar refractivity (Wildman–Crippen MR) is 68.2 cm³/mol. The van der Waals surface area contributed by atoms with Crippen molar-refractivity contribution in [1.82, 2.24) is 4.98 Å². The summed E-state index contributed by atoms with van der Waals surface area (Å²) < 4.78 is 5.87. The van der Waals surface area contributed by atoms with Crippen molar-refractivity contribution < 1.29 is 4.74 Å². The number of alkyl halides is 1. The van der Waals surface area contributed by atoms with E-state index in [4.69, 9.17) is 16.3 Å². The van der Waals surface area contributed by atoms with Crippen LogP contribution >= 0.6 is 11.6 Å². The van der Waals surface area contributed by atoms with Gasteiger partial charge in [-0.25, -0.2) is 4.98 Å². The minimum atomic E-state index is -0.178. The van der Waals surface area contributed by atoms with Crippen molar-refractivity contribution in [3.63, 3.8) is 0 Å². The average Bonchev–Trinajstić information content (AvgIpc) is 2.28. The fraction of sp³-hybridized carbons (Fsp3) is 0.615. The number of nitrogens with zero attached hydrogens (tertiary/aromatic N) is 1. The molecule has 1 rings (SSSR count). The molecule has 0 unspecified atom stereocenters. The maximum atomic E-state index is 5.87. The highest BCUT2D eigenvalue weighted by Gasteiger charge is 2.18. The van der Waals surface area contributed by atoms with E-state index in [1.54, 1.807) is 0 Å². The van der Waals surface area contributed by atoms with Gasteiger partial charge in [-0.1, -0.05) is 13.8 Å². The Morgan fingerprint density at radius 1 is 1.31 bits per heavy atom. The molecule has 0 aliphatic rings. The van der Waals surface area contributed by atoms with E-state index < -0.39 is 0 Å². The van der Waals surface area contributed by atoms with E-state index >= 15 is 0 Å². The van der Waals surface area contributed by atoms with E-state index in [9.17, 15) is 0 Å². The number of rotatable bonds is 5. The number of pyridine rings is 1. The minimum absolute atomic E-state index is 0.178. The molecule has 0 atom stereocenters. The average molecular weight is 242 g/mol. The third-order valence-corrected chi connectivity index (χ3v) is 2.97. The van der Waals surface area contributed by atoms with Gasteiger partial charge in [0.1, 0.15) is 5.60 Å². The van der Waals surface area contributed by atoms with Gasteiger partial charge in [-0.05, 0) is 38.3 Å². The zero-order valence-electron chi connectivity index (χ0n) is 10.5. The van der Waals surface area contributed by atoms with Gasteiger partial charge in [0, 0.05) is 17.6 Å². The molecule has 0 spiro atoms. The van der Waals surface area contributed by atoms with Crippen LogP contribution < -0.4 is 4.74 Å². The Hall–Kier alpha value is -0.760. The molecule has 0 saturated carbocycles. The number of aromatic nitrogens is 1. The van der Waals surface area contributed by atoms with Crippen molar-refractivity contribution >= 4 is 11.6 Å². The molecule has 16 heavy (non-hydrogen) atoms. The van der Waals surface area contributed by atoms with E-state index in [1.807, 2.05) is 12.1 Å². The van der Waals surface area contributed by atoms with Gasteiger partial charge in [-0.2, -0.15) is 0 Å². The van der Waals surface area contributed by atoms with Gasteiger partial charge in [0.2, 0.25) is 5.88 Å². The van der Waals surface area contributed by atoms with E-state index in [0.29, 0.717) is 11.8 Å². The summed E-state index contributed by atoms with van der Waals surface area (Å²) in [7, 11) is 0. The van der Waals surface area contributed by atoms with Crippen molar-refractivity contribution in [3.05, 3.63) is 23.4 Å². The maximum Gasteiger partial charge on any atom is 0.214 e. The molecule has 90 valence electrons. The third kappa shape index (κ3) is 3.67. The minimum Gasteiger partial charge on any atom is -0.472 e. The first-order valence-corrected chi connectivity index (χ1v) is 6.29. The van der Waals surface area contributed by atoms with Crippen molar-refractivity contribution in [3.8, 4) is 5.88 Å². The smallest absolute Gasteiger partial charge is 0.214 e. The van der Waals surface area contributed by atoms with E-state index in [2.05, 4.69) is 32.7 Å². The number of halogens is 1. The van der Waals surface area contributed by atoms with Gasteiger partial charge in [-0.15, -0.1) is 11.6 Å². The normalized spacial score (nSPS) is 11.6. The monoisotopic (exact) mass is 241 g/mol. The largest absolute Gasteiger partial charge is 0.472 e. The van der Waals surface area contributed by atoms with Crippen LogP contribution in [-0.4, -0.2) is 10.6 Å². The summed E-state index contributed by atoms with van der Waals surface area (Å²) in [6, 6.07) is 3.95. The zero-order valence-corrected chi connectivity index (χ0v) is 11.3. The first kappa shape index (κ1) is 13.3. The topological polar surface area (TPSA) is 22.1 Å². The lowest BCUT2D eigenvalue weighted by Gasteiger charge is -2.24. The summed E-state index contributed by atoms with van der Waals surface area (Å²) in [4.78, 5) is 4.45. The SMILES string of the molecule is CCc1cc(CCl)cc(OC(C)(C)CC)n1. The molecule has 0 aliphatic carbocycles. The van der Waals surface area contributed by atoms with Crippen LogP contribution in [0.3, 0.4) is 0 Å². The molecule has 0 fully saturated rings. The Morgan fingerprint density at radius 3 is 2.50 bits per heavy atom. The van der Waals surface area contributed by atoms with Crippen molar-refractivity contribution in [2.45, 2.75) is 52.0 Å². The molecule has 0 aliphatic heterocycles. The lowest BCUT2D eigenvalue weighted by Crippen LogP contribution is -2.27. The molecule has 0 radical (unpaired) electrons. The van der Waals surface area contributed by atoms with Gasteiger partial charge >= 0.3 is 0 Å². The number of ether oxygens (including phenoxy) is 1. The highest BCUT2D eigenvalue weighted by atomic mass is 35.5. The molecule has 1 aromatic heterocycles. The summed E-state index contributed by atoms with van der Waals surface area (Å²) in [6.07, 6.45) is 1.84. The second-order valence-electron chi connectivity index (χ2n) is 4.51. The van der Waals surface area contributed by atoms with Gasteiger partial charge in [0.15, 0.2) is 0 Å². The first-order valence-electron chi connectivity index (χ1n) is 5.75. The lowest BCUT2D eigenvalue weighted by molar-refractivity contribution is 0.0987. The van der Waals surface area contributed by atoms with Crippen LogP contribution in [0.1, 0.15) is 45.4 Å². The molecule has 0 amide bonds. The van der Waals surface area contributed by atoms with Crippen molar-refractivity contribution in [1.29, 1.82) is 0 Å². The number of hydrogen-bond donors (Lipinski definition) is 0. The maximum absolute atomic E-state index is 5.87. The summed E-state index contributed by atoms with van der Waals surface area (Å²) in [5.74, 6) is 1.18. The fourth-order valence-electron chi connectivity index (χ4n) is 1.29. The van der Waals surface area contributed by atoms with Gasteiger partial charge < -0.3 is 4.74 Å². The van der Waals surface area contributed by atoms with Gasteiger partial charge in [-0.3, -0.25) is 0 Å². The Kier molecular flexibility index (Phi) is 4.60. The Bertz CT molecular complexity index is 328. The van der Waals surface area contributed by atoms with E-state index in [-0.39, 0.29) is 5.60 Å². The van der Waals surface area contributed by atoms with Crippen LogP contribution in [-0.2, 0) is 12.3 Å². The highest BCUT2D eigenvalue weighted by Crippen LogP contribution is 2.21. The van der Waals surface area contributed by atoms with Crippen LogP contribution in [0.2, 0.25) is 0 Å². The Balaban J connectivity index is 2.95. The Labute approximate surface area is 103 Å². The molecule has 1 aromatic rings. The molecule has 2 nitrogen and oxygen atoms in total. The van der Waals surface area contributed by atoms with E-state index in [1.165, 1.54) is 0 Å². The zero-order chi connectivity index (χ0) is 12.2. The predicted octanol–water partition coefficient (Wildman–Crippen LogP) is 3.95. The number of aryl methyl sites for hydroxylation is 1. The van der Waals surface area contributed by atoms with Crippen molar-refractivity contribution in [2.75, 3.05) is 0 Å². The first-order chi connectivity index (χ1) is 7.50. The van der Waals surface area contributed by atoms with Crippen LogP contribution in [0, 0.1) is 0 Å². The highest BCUT2D eigenvalue weighted by molar-refractivity contribution is 6.17. The molecular formula is C13H20ClNO. The summed E-state index contributed by atoms with van der Waals surface area (Å²) in [5, 5.41) is 0. The summed E-state index contributed by atoms with van der Waals surface area (Å²) >= 11 is 5.85. The van der Waals surface area contributed by atoms with Crippen LogP contribution in [0.4, 0.5) is 0 Å². The number of hydrogen-bond acceptors (Lipinski definition) is 2. The third-order valence-electron chi connectivity index (χ3n) is 2.66. The molecule has 0 bridgehead atoms. The van der Waals surface area contributed by atoms with Gasteiger partial charge in [0.05, 0.1) is 0 Å².